The molecule has 0 fully saturated rings. The number of carbonyl (C=O) groups excluding carboxylic acids is 1. The molecule has 1 N–H and O–H groups in total. The summed E-state index contributed by atoms with van der Waals surface area (Å²) >= 11 is 2.08. The van der Waals surface area contributed by atoms with Crippen LogP contribution in [0.1, 0.15) is 33.6 Å². The fourth-order valence-corrected chi connectivity index (χ4v) is 1.54. The summed E-state index contributed by atoms with van der Waals surface area (Å²) < 4.78 is 10.2. The van der Waals surface area contributed by atoms with Crippen molar-refractivity contribution in [3.8, 4) is 0 Å². The second-order valence-corrected chi connectivity index (χ2v) is 5.46. The van der Waals surface area contributed by atoms with Gasteiger partial charge in [-0.25, -0.2) is 4.79 Å². The minimum atomic E-state index is -0.426. The molecule has 0 rings (SSSR count). The van der Waals surface area contributed by atoms with Crippen LogP contribution in [0.15, 0.2) is 0 Å². The first-order chi connectivity index (χ1) is 6.95. The fraction of sp³-hybridized carbons (Fsp3) is 0.889. The molecule has 0 aromatic heterocycles. The van der Waals surface area contributed by atoms with Crippen LogP contribution in [0.25, 0.3) is 0 Å². The maximum Gasteiger partial charge on any atom is 0.407 e. The molecule has 0 aromatic carbocycles. The molecule has 0 aliphatic heterocycles. The van der Waals surface area contributed by atoms with Crippen molar-refractivity contribution in [1.29, 1.82) is 0 Å². The lowest BCUT2D eigenvalue weighted by Gasteiger charge is -2.19. The van der Waals surface area contributed by atoms with Gasteiger partial charge in [0.15, 0.2) is 0 Å². The highest BCUT2D eigenvalue weighted by Crippen LogP contribution is 2.12. The van der Waals surface area contributed by atoms with Gasteiger partial charge in [-0.3, -0.25) is 0 Å². The van der Waals surface area contributed by atoms with E-state index in [2.05, 4.69) is 26.5 Å². The molecule has 0 aliphatic carbocycles. The lowest BCUT2D eigenvalue weighted by atomic mass is 10.2. The van der Waals surface area contributed by atoms with E-state index in [-0.39, 0.29) is 6.09 Å². The number of alkyl carbamates (subject to hydrolysis) is 1. The Bertz CT molecular complexity index is 185. The Balaban J connectivity index is 3.32. The monoisotopic (exact) mass is 347 g/mol. The zero-order valence-corrected chi connectivity index (χ0v) is 12.3. The van der Waals surface area contributed by atoms with Crippen molar-refractivity contribution in [2.24, 2.45) is 0 Å². The molecule has 0 radical (unpaired) electrons. The van der Waals surface area contributed by atoms with Crippen LogP contribution in [-0.2, 0) is 8.92 Å². The standard InChI is InChI=1S/C9H18INO3S/c1-9(2,3)14-8(12)11-6-4-5-7-13-15-10/h4-7H2,1-3H3,(H,11,12). The number of hydrogen-bond acceptors (Lipinski definition) is 4. The lowest BCUT2D eigenvalue weighted by Crippen LogP contribution is -2.33. The van der Waals surface area contributed by atoms with Crippen molar-refractivity contribution in [1.82, 2.24) is 5.32 Å². The van der Waals surface area contributed by atoms with Crippen molar-refractivity contribution in [3.05, 3.63) is 0 Å². The van der Waals surface area contributed by atoms with Crippen molar-refractivity contribution in [2.45, 2.75) is 39.2 Å². The highest BCUT2D eigenvalue weighted by atomic mass is 127. The van der Waals surface area contributed by atoms with E-state index < -0.39 is 5.60 Å². The van der Waals surface area contributed by atoms with Crippen LogP contribution in [0, 0.1) is 0 Å². The Kier molecular flexibility index (Phi) is 8.64. The topological polar surface area (TPSA) is 47.6 Å². The number of halogens is 1. The van der Waals surface area contributed by atoms with Gasteiger partial charge in [-0.15, -0.1) is 0 Å². The number of ether oxygens (including phenoxy) is 1. The number of unbranched alkanes of at least 4 members (excludes halogenated alkanes) is 1. The zero-order valence-electron chi connectivity index (χ0n) is 9.34. The van der Waals surface area contributed by atoms with E-state index in [1.165, 1.54) is 9.21 Å². The molecular weight excluding hydrogens is 329 g/mol. The van der Waals surface area contributed by atoms with Crippen LogP contribution in [-0.4, -0.2) is 24.8 Å². The van der Waals surface area contributed by atoms with E-state index in [1.807, 2.05) is 20.8 Å². The molecular formula is C9H18INO3S. The number of amides is 1. The third-order valence-corrected chi connectivity index (χ3v) is 2.39. The van der Waals surface area contributed by atoms with Crippen molar-refractivity contribution >= 4 is 36.5 Å². The van der Waals surface area contributed by atoms with Gasteiger partial charge >= 0.3 is 6.09 Å². The maximum absolute atomic E-state index is 11.2. The molecule has 0 heterocycles. The van der Waals surface area contributed by atoms with E-state index in [4.69, 9.17) is 8.92 Å². The molecule has 6 heteroatoms. The van der Waals surface area contributed by atoms with Gasteiger partial charge in [0, 0.05) is 27.8 Å². The van der Waals surface area contributed by atoms with Crippen molar-refractivity contribution in [2.75, 3.05) is 13.2 Å². The van der Waals surface area contributed by atoms with Gasteiger partial charge in [0.25, 0.3) is 0 Å². The van der Waals surface area contributed by atoms with Crippen molar-refractivity contribution < 1.29 is 13.7 Å². The minimum absolute atomic E-state index is 0.355. The molecule has 4 nitrogen and oxygen atoms in total. The summed E-state index contributed by atoms with van der Waals surface area (Å²) in [5.41, 5.74) is -0.426. The molecule has 0 bridgehead atoms. The highest BCUT2D eigenvalue weighted by molar-refractivity contribution is 14.2. The van der Waals surface area contributed by atoms with Gasteiger partial charge < -0.3 is 14.2 Å². The van der Waals surface area contributed by atoms with E-state index in [0.717, 1.165) is 12.8 Å². The van der Waals surface area contributed by atoms with Gasteiger partial charge in [0.1, 0.15) is 5.60 Å². The second kappa shape index (κ2) is 8.46. The predicted octanol–water partition coefficient (Wildman–Crippen LogP) is 3.31. The Hall–Kier alpha value is 0.310. The first kappa shape index (κ1) is 15.3. The van der Waals surface area contributed by atoms with Crippen LogP contribution in [0.4, 0.5) is 4.79 Å². The molecule has 0 aromatic rings. The lowest BCUT2D eigenvalue weighted by molar-refractivity contribution is 0.0526. The summed E-state index contributed by atoms with van der Waals surface area (Å²) in [6, 6.07) is 0. The summed E-state index contributed by atoms with van der Waals surface area (Å²) in [6.07, 6.45) is 1.48. The van der Waals surface area contributed by atoms with Gasteiger partial charge in [-0.2, -0.15) is 0 Å². The highest BCUT2D eigenvalue weighted by Gasteiger charge is 2.15. The normalized spacial score (nSPS) is 11.2. The van der Waals surface area contributed by atoms with Crippen molar-refractivity contribution in [3.63, 3.8) is 0 Å². The Morgan fingerprint density at radius 2 is 2.07 bits per heavy atom. The van der Waals surface area contributed by atoms with Crippen LogP contribution >= 0.6 is 30.4 Å². The quantitative estimate of drug-likeness (QED) is 0.455. The molecule has 0 unspecified atom stereocenters. The van der Waals surface area contributed by atoms with Crippen LogP contribution < -0.4 is 5.32 Å². The molecule has 0 aliphatic rings. The van der Waals surface area contributed by atoms with Gasteiger partial charge in [-0.05, 0) is 33.6 Å². The minimum Gasteiger partial charge on any atom is -0.444 e. The van der Waals surface area contributed by atoms with Crippen LogP contribution in [0.2, 0.25) is 0 Å². The Morgan fingerprint density at radius 1 is 1.40 bits per heavy atom. The predicted molar refractivity (Wildman–Crippen MR) is 71.0 cm³/mol. The average Bonchev–Trinajstić information content (AvgIpc) is 2.08. The third-order valence-electron chi connectivity index (χ3n) is 1.37. The largest absolute Gasteiger partial charge is 0.444 e. The molecule has 1 amide bonds. The Morgan fingerprint density at radius 3 is 2.60 bits per heavy atom. The SMILES string of the molecule is CC(C)(C)OC(=O)NCCCCOSI. The number of carbonyl (C=O) groups is 1. The molecule has 0 saturated heterocycles. The molecule has 0 saturated carbocycles. The maximum atomic E-state index is 11.2. The summed E-state index contributed by atoms with van der Waals surface area (Å²) in [6.45, 7) is 6.88. The first-order valence-electron chi connectivity index (χ1n) is 4.83. The van der Waals surface area contributed by atoms with E-state index in [1.54, 1.807) is 0 Å². The van der Waals surface area contributed by atoms with Crippen LogP contribution in [0.5, 0.6) is 0 Å². The molecule has 0 spiro atoms. The van der Waals surface area contributed by atoms with E-state index in [9.17, 15) is 4.79 Å². The second-order valence-electron chi connectivity index (χ2n) is 4.02. The fourth-order valence-electron chi connectivity index (χ4n) is 0.822. The number of hydrogen-bond donors (Lipinski definition) is 1. The van der Waals surface area contributed by atoms with E-state index in [0.29, 0.717) is 13.2 Å². The summed E-state index contributed by atoms with van der Waals surface area (Å²) in [7, 11) is 1.33. The van der Waals surface area contributed by atoms with Gasteiger partial charge in [-0.1, -0.05) is 0 Å². The Labute approximate surface area is 108 Å². The third kappa shape index (κ3) is 12.2. The molecule has 90 valence electrons. The van der Waals surface area contributed by atoms with Gasteiger partial charge in [0.2, 0.25) is 0 Å². The van der Waals surface area contributed by atoms with Gasteiger partial charge in [0.05, 0.1) is 15.8 Å². The van der Waals surface area contributed by atoms with Crippen LogP contribution in [0.3, 0.4) is 0 Å². The number of nitrogens with one attached hydrogen (secondary N) is 1. The molecule has 0 atom stereocenters. The number of rotatable bonds is 6. The molecule has 15 heavy (non-hydrogen) atoms. The first-order valence-corrected chi connectivity index (χ1v) is 8.11. The average molecular weight is 347 g/mol. The summed E-state index contributed by atoms with van der Waals surface area (Å²) in [5.74, 6) is 0. The summed E-state index contributed by atoms with van der Waals surface area (Å²) in [4.78, 5) is 11.2. The van der Waals surface area contributed by atoms with E-state index >= 15 is 0 Å². The zero-order chi connectivity index (χ0) is 11.7. The smallest absolute Gasteiger partial charge is 0.407 e. The summed E-state index contributed by atoms with van der Waals surface area (Å²) in [5, 5.41) is 2.69.